The molecule has 0 aromatic heterocycles. The Bertz CT molecular complexity index is 329. The minimum Gasteiger partial charge on any atom is -0.365 e. The van der Waals surface area contributed by atoms with E-state index in [1.165, 1.54) is 0 Å². The second-order valence-electron chi connectivity index (χ2n) is 4.92. The molecule has 3 nitrogen and oxygen atoms in total. The summed E-state index contributed by atoms with van der Waals surface area (Å²) < 4.78 is 13.3. The van der Waals surface area contributed by atoms with Crippen LogP contribution in [-0.4, -0.2) is 22.3 Å². The van der Waals surface area contributed by atoms with E-state index in [1.54, 1.807) is 6.92 Å². The van der Waals surface area contributed by atoms with Gasteiger partial charge in [0.1, 0.15) is 5.78 Å². The zero-order valence-electron chi connectivity index (χ0n) is 9.73. The van der Waals surface area contributed by atoms with Gasteiger partial charge in [0.25, 0.3) is 0 Å². The van der Waals surface area contributed by atoms with E-state index in [0.717, 1.165) is 6.42 Å². The van der Waals surface area contributed by atoms with Gasteiger partial charge in [-0.1, -0.05) is 6.92 Å². The SMILES string of the molecule is [3H]C1CC2(C1)OC1(O)CCC2C(=O)C1C.[W]. The summed E-state index contributed by atoms with van der Waals surface area (Å²) in [5, 5.41) is 10.2. The predicted octanol–water partition coefficient (Wildman–Crippen LogP) is 1.24. The molecule has 2 bridgehead atoms. The zero-order valence-corrected chi connectivity index (χ0v) is 11.7. The van der Waals surface area contributed by atoms with Crippen LogP contribution in [0.5, 0.6) is 0 Å². The fourth-order valence-corrected chi connectivity index (χ4v) is 3.12. The number of carbonyl (C=O) groups excluding carboxylic acids is 1. The second kappa shape index (κ2) is 3.38. The summed E-state index contributed by atoms with van der Waals surface area (Å²) in [5.74, 6) is -1.57. The molecule has 4 aliphatic rings. The van der Waals surface area contributed by atoms with Gasteiger partial charge in [-0.2, -0.15) is 0 Å². The van der Waals surface area contributed by atoms with Crippen molar-refractivity contribution in [2.75, 3.05) is 0 Å². The number of Topliss-reactive ketones (excluding diaryl/α,β-unsaturated/α-hetero) is 1. The van der Waals surface area contributed by atoms with Crippen molar-refractivity contribution in [3.05, 3.63) is 0 Å². The number of fused-ring (bicyclic) bond motifs is 2. The van der Waals surface area contributed by atoms with Gasteiger partial charge >= 0.3 is 0 Å². The number of hydrogen-bond donors (Lipinski definition) is 1. The molecule has 84 valence electrons. The van der Waals surface area contributed by atoms with Crippen molar-refractivity contribution in [2.45, 2.75) is 50.4 Å². The van der Waals surface area contributed by atoms with Crippen molar-refractivity contribution in [1.82, 2.24) is 0 Å². The van der Waals surface area contributed by atoms with E-state index in [4.69, 9.17) is 6.11 Å². The Balaban J connectivity index is 0.000000963. The van der Waals surface area contributed by atoms with Gasteiger partial charge in [0.05, 0.1) is 11.5 Å². The topological polar surface area (TPSA) is 46.5 Å². The summed E-state index contributed by atoms with van der Waals surface area (Å²) in [7, 11) is 0. The standard InChI is InChI=1S/C11H16O3.W/c1-7-9(12)8-3-6-11(7,13)14-10(8)4-2-5-10;/h7-8,13H,2-6H2,1H3;/i2T;. The molecule has 3 atom stereocenters. The molecule has 2 saturated heterocycles. The van der Waals surface area contributed by atoms with Gasteiger partial charge in [0.15, 0.2) is 5.79 Å². The maximum absolute atomic E-state index is 12.0. The van der Waals surface area contributed by atoms with E-state index in [-0.39, 0.29) is 39.2 Å². The average molecular weight is 382 g/mol. The van der Waals surface area contributed by atoms with Crippen LogP contribution in [0.4, 0.5) is 0 Å². The minimum absolute atomic E-state index is 0. The number of rotatable bonds is 0. The number of hydrogen-bond acceptors (Lipinski definition) is 3. The molecule has 2 aliphatic carbocycles. The molecule has 4 fully saturated rings. The van der Waals surface area contributed by atoms with E-state index in [9.17, 15) is 9.90 Å². The van der Waals surface area contributed by atoms with Crippen LogP contribution in [0.1, 0.15) is 40.4 Å². The van der Waals surface area contributed by atoms with E-state index < -0.39 is 17.3 Å². The molecule has 2 saturated carbocycles. The minimum atomic E-state index is -1.24. The van der Waals surface area contributed by atoms with E-state index in [1.807, 2.05) is 0 Å². The molecule has 4 heteroatoms. The predicted molar refractivity (Wildman–Crippen MR) is 49.5 cm³/mol. The van der Waals surface area contributed by atoms with Crippen LogP contribution in [0.25, 0.3) is 0 Å². The van der Waals surface area contributed by atoms with Crippen molar-refractivity contribution < 1.29 is 37.1 Å². The molecule has 4 rings (SSSR count). The summed E-state index contributed by atoms with van der Waals surface area (Å²) in [4.78, 5) is 12.0. The van der Waals surface area contributed by atoms with Crippen LogP contribution in [0.3, 0.4) is 0 Å². The van der Waals surface area contributed by atoms with E-state index in [0.29, 0.717) is 19.3 Å². The maximum Gasteiger partial charge on any atom is 0.175 e. The third-order valence-electron chi connectivity index (χ3n) is 4.23. The quantitative estimate of drug-likeness (QED) is 0.686. The molecule has 0 radical (unpaired) electrons. The Labute approximate surface area is 105 Å². The van der Waals surface area contributed by atoms with Crippen LogP contribution < -0.4 is 0 Å². The first kappa shape index (κ1) is 10.4. The van der Waals surface area contributed by atoms with Gasteiger partial charge in [-0.15, -0.1) is 0 Å². The summed E-state index contributed by atoms with van der Waals surface area (Å²) in [5.41, 5.74) is -0.483. The van der Waals surface area contributed by atoms with Crippen molar-refractivity contribution in [1.29, 1.82) is 0 Å². The van der Waals surface area contributed by atoms with Crippen molar-refractivity contribution in [3.63, 3.8) is 0 Å². The molecule has 0 aromatic carbocycles. The summed E-state index contributed by atoms with van der Waals surface area (Å²) in [6, 6.07) is 0. The molecule has 0 amide bonds. The molecule has 2 heterocycles. The van der Waals surface area contributed by atoms with Crippen molar-refractivity contribution >= 4 is 5.78 Å². The van der Waals surface area contributed by atoms with Gasteiger partial charge in [-0.3, -0.25) is 4.79 Å². The monoisotopic (exact) mass is 382 g/mol. The first-order valence-electron chi connectivity index (χ1n) is 5.93. The first-order chi connectivity index (χ1) is 6.97. The zero-order chi connectivity index (χ0) is 10.8. The van der Waals surface area contributed by atoms with Gasteiger partial charge in [0.2, 0.25) is 0 Å². The Kier molecular flexibility index (Phi) is 2.35. The fraction of sp³-hybridized carbons (Fsp3) is 0.909. The molecular formula is C11H16O3W. The Morgan fingerprint density at radius 1 is 1.53 bits per heavy atom. The average Bonchev–Trinajstić information content (AvgIpc) is 2.11. The molecule has 1 N–H and O–H groups in total. The normalized spacial score (nSPS) is 58.4. The molecule has 3 unspecified atom stereocenters. The van der Waals surface area contributed by atoms with Crippen LogP contribution in [0.2, 0.25) is 0 Å². The Hall–Kier alpha value is 0.278. The smallest absolute Gasteiger partial charge is 0.175 e. The Morgan fingerprint density at radius 2 is 2.20 bits per heavy atom. The van der Waals surface area contributed by atoms with E-state index >= 15 is 0 Å². The van der Waals surface area contributed by atoms with Crippen molar-refractivity contribution in [2.24, 2.45) is 11.8 Å². The number of ketones is 1. The van der Waals surface area contributed by atoms with Gasteiger partial charge in [-0.05, 0) is 25.7 Å². The molecule has 2 aliphatic heterocycles. The molecule has 15 heavy (non-hydrogen) atoms. The van der Waals surface area contributed by atoms with E-state index in [2.05, 4.69) is 0 Å². The van der Waals surface area contributed by atoms with Crippen LogP contribution in [0.15, 0.2) is 0 Å². The fourth-order valence-electron chi connectivity index (χ4n) is 3.12. The number of aliphatic hydroxyl groups is 1. The molecule has 0 aromatic rings. The summed E-state index contributed by atoms with van der Waals surface area (Å²) in [6.45, 7) is 1.75. The summed E-state index contributed by atoms with van der Waals surface area (Å²) in [6.07, 6.45) is 2.40. The molecule has 1 spiro atoms. The molecular weight excluding hydrogens is 364 g/mol. The van der Waals surface area contributed by atoms with Crippen LogP contribution >= 0.6 is 0 Å². The van der Waals surface area contributed by atoms with Crippen LogP contribution in [0, 0.1) is 11.8 Å². The summed E-state index contributed by atoms with van der Waals surface area (Å²) >= 11 is 0. The number of carbonyl (C=O) groups is 1. The van der Waals surface area contributed by atoms with Crippen molar-refractivity contribution in [3.8, 4) is 0 Å². The maximum atomic E-state index is 12.0. The van der Waals surface area contributed by atoms with Gasteiger partial charge in [-0.25, -0.2) is 0 Å². The van der Waals surface area contributed by atoms with Crippen LogP contribution in [-0.2, 0) is 30.6 Å². The largest absolute Gasteiger partial charge is 0.365 e. The second-order valence-corrected chi connectivity index (χ2v) is 4.92. The van der Waals surface area contributed by atoms with Gasteiger partial charge < -0.3 is 9.84 Å². The Morgan fingerprint density at radius 3 is 2.73 bits per heavy atom. The third kappa shape index (κ3) is 1.33. The first-order valence-corrected chi connectivity index (χ1v) is 5.35. The van der Waals surface area contributed by atoms with Gasteiger partial charge in [0, 0.05) is 34.8 Å². The third-order valence-corrected chi connectivity index (χ3v) is 4.23. The number of ether oxygens (including phenoxy) is 1.